The summed E-state index contributed by atoms with van der Waals surface area (Å²) in [5, 5.41) is 9.33. The number of aromatic nitrogens is 3. The molecule has 1 aromatic rings. The van der Waals surface area contributed by atoms with Crippen molar-refractivity contribution in [2.75, 3.05) is 0 Å². The van der Waals surface area contributed by atoms with Gasteiger partial charge < -0.3 is 0 Å². The second-order valence-electron chi connectivity index (χ2n) is 8.16. The normalized spacial score (nSPS) is 24.5. The van der Waals surface area contributed by atoms with Crippen molar-refractivity contribution in [2.45, 2.75) is 108 Å². The van der Waals surface area contributed by atoms with E-state index in [1.807, 2.05) is 0 Å². The topological polar surface area (TPSA) is 41.6 Å². The third kappa shape index (κ3) is 5.74. The van der Waals surface area contributed by atoms with Crippen LogP contribution < -0.4 is 0 Å². The molecule has 0 aliphatic heterocycles. The largest absolute Gasteiger partial charge is 0.198 e. The third-order valence-electron chi connectivity index (χ3n) is 6.56. The van der Waals surface area contributed by atoms with Crippen molar-refractivity contribution in [1.82, 2.24) is 15.4 Å². The smallest absolute Gasteiger partial charge is 0.0690 e. The predicted octanol–water partition coefficient (Wildman–Crippen LogP) is 6.29. The number of aromatic amines is 1. The number of hydrogen-bond acceptors (Lipinski definition) is 2. The van der Waals surface area contributed by atoms with E-state index in [1.165, 1.54) is 11.8 Å². The Labute approximate surface area is 155 Å². The molecule has 0 bridgehead atoms. The Kier molecular flexibility index (Phi) is 8.44. The van der Waals surface area contributed by atoms with Gasteiger partial charge in [-0.15, -0.1) is 0 Å². The van der Waals surface area contributed by atoms with Crippen LogP contribution in [0.15, 0.2) is 12.4 Å². The van der Waals surface area contributed by atoms with Crippen LogP contribution in [-0.4, -0.2) is 35.2 Å². The van der Waals surface area contributed by atoms with Crippen molar-refractivity contribution < 1.29 is 0 Å². The second-order valence-corrected chi connectivity index (χ2v) is 18.0. The molecule has 135 valence electrons. The number of nitrogens with one attached hydrogen (secondary N) is 1. The van der Waals surface area contributed by atoms with Gasteiger partial charge in [0.1, 0.15) is 0 Å². The van der Waals surface area contributed by atoms with Crippen LogP contribution in [0, 0.1) is 0 Å². The summed E-state index contributed by atoms with van der Waals surface area (Å²) in [6, 6.07) is 0. The van der Waals surface area contributed by atoms with E-state index < -0.39 is 19.8 Å². The average molecular weight is 437 g/mol. The Balaban J connectivity index is 0.000000290. The molecular weight excluding hydrogens is 401 g/mol. The van der Waals surface area contributed by atoms with E-state index in [2.05, 4.69) is 15.4 Å². The van der Waals surface area contributed by atoms with Gasteiger partial charge in [-0.2, -0.15) is 15.4 Å². The molecule has 3 fully saturated rings. The first-order valence-corrected chi connectivity index (χ1v) is 15.6. The fraction of sp³-hybridized carbons (Fsp3) is 0.900. The zero-order valence-corrected chi connectivity index (χ0v) is 18.2. The SMILES string of the molecule is C1CC[CH]([Sn]([CH]2CCCCC2)[CH]2CCCCC2)CC1.c1cn[nH]n1. The fourth-order valence-corrected chi connectivity index (χ4v) is 20.4. The van der Waals surface area contributed by atoms with Gasteiger partial charge in [0.15, 0.2) is 0 Å². The number of H-pyrrole nitrogens is 1. The number of nitrogens with zero attached hydrogens (tertiary/aromatic N) is 2. The zero-order valence-electron chi connectivity index (χ0n) is 15.4. The summed E-state index contributed by atoms with van der Waals surface area (Å²) in [5.74, 6) is 0. The molecule has 1 heterocycles. The van der Waals surface area contributed by atoms with Gasteiger partial charge in [0.05, 0.1) is 12.4 Å². The standard InChI is InChI=1S/3C6H11.C2H3N3.Sn/c3*1-2-4-6-5-3-1;1-2-4-5-3-1;/h3*1H,2-6H2;1-2H,(H,3,4,5);. The molecule has 0 unspecified atom stereocenters. The molecule has 24 heavy (non-hydrogen) atoms. The van der Waals surface area contributed by atoms with Crippen molar-refractivity contribution in [3.63, 3.8) is 0 Å². The summed E-state index contributed by atoms with van der Waals surface area (Å²) in [4.78, 5) is 0. The Hall–Kier alpha value is -0.0613. The number of rotatable bonds is 3. The van der Waals surface area contributed by atoms with Crippen molar-refractivity contribution >= 4 is 19.8 Å². The van der Waals surface area contributed by atoms with E-state index in [-0.39, 0.29) is 0 Å². The van der Waals surface area contributed by atoms with Gasteiger partial charge in [-0.1, -0.05) is 0 Å². The van der Waals surface area contributed by atoms with Crippen molar-refractivity contribution in [2.24, 2.45) is 0 Å². The van der Waals surface area contributed by atoms with Gasteiger partial charge in [0.25, 0.3) is 0 Å². The monoisotopic (exact) mass is 438 g/mol. The molecule has 0 atom stereocenters. The van der Waals surface area contributed by atoms with Gasteiger partial charge in [0, 0.05) is 0 Å². The average Bonchev–Trinajstić information content (AvgIpc) is 3.25. The molecule has 3 aliphatic carbocycles. The molecule has 4 rings (SSSR count). The Bertz CT molecular complexity index is 345. The minimum absolute atomic E-state index is 1.15. The molecule has 0 aromatic carbocycles. The summed E-state index contributed by atoms with van der Waals surface area (Å²) < 4.78 is 3.96. The minimum atomic E-state index is -1.15. The van der Waals surface area contributed by atoms with Crippen LogP contribution in [0.2, 0.25) is 11.8 Å². The minimum Gasteiger partial charge on any atom is -0.198 e. The maximum atomic E-state index is 3.49. The maximum absolute atomic E-state index is 3.49. The van der Waals surface area contributed by atoms with E-state index in [0.717, 1.165) is 0 Å². The summed E-state index contributed by atoms with van der Waals surface area (Å²) in [7, 11) is 0. The van der Waals surface area contributed by atoms with Gasteiger partial charge >= 0.3 is 128 Å². The van der Waals surface area contributed by atoms with Gasteiger partial charge in [0.2, 0.25) is 0 Å². The van der Waals surface area contributed by atoms with Gasteiger partial charge in [-0.3, -0.25) is 0 Å². The van der Waals surface area contributed by atoms with Crippen LogP contribution in [-0.2, 0) is 0 Å². The summed E-state index contributed by atoms with van der Waals surface area (Å²) >= 11 is -1.15. The molecule has 3 aliphatic rings. The van der Waals surface area contributed by atoms with E-state index >= 15 is 0 Å². The first kappa shape index (κ1) is 18.7. The first-order chi connectivity index (χ1) is 11.9. The van der Waals surface area contributed by atoms with Crippen LogP contribution in [0.25, 0.3) is 0 Å². The van der Waals surface area contributed by atoms with E-state index in [1.54, 1.807) is 109 Å². The molecule has 3 saturated carbocycles. The molecule has 4 heteroatoms. The molecule has 0 saturated heterocycles. The van der Waals surface area contributed by atoms with Crippen LogP contribution >= 0.6 is 0 Å². The van der Waals surface area contributed by atoms with Crippen LogP contribution in [0.4, 0.5) is 0 Å². The van der Waals surface area contributed by atoms with Crippen LogP contribution in [0.5, 0.6) is 0 Å². The fourth-order valence-electron chi connectivity index (χ4n) is 5.47. The van der Waals surface area contributed by atoms with Gasteiger partial charge in [-0.25, -0.2) is 0 Å². The van der Waals surface area contributed by atoms with E-state index in [0.29, 0.717) is 0 Å². The van der Waals surface area contributed by atoms with Crippen molar-refractivity contribution in [1.29, 1.82) is 0 Å². The van der Waals surface area contributed by atoms with Crippen molar-refractivity contribution in [3.05, 3.63) is 12.4 Å². The third-order valence-corrected chi connectivity index (χ3v) is 19.6. The van der Waals surface area contributed by atoms with E-state index in [4.69, 9.17) is 0 Å². The molecule has 0 amide bonds. The molecule has 0 spiro atoms. The quantitative estimate of drug-likeness (QED) is 0.565. The number of hydrogen-bond donors (Lipinski definition) is 1. The summed E-state index contributed by atoms with van der Waals surface area (Å²) in [6.07, 6.45) is 27.4. The maximum Gasteiger partial charge on any atom is 0.0690 e. The Morgan fingerprint density at radius 3 is 1.12 bits per heavy atom. The second kappa shape index (κ2) is 10.8. The molecule has 1 radical (unpaired) electrons. The Morgan fingerprint density at radius 1 is 0.542 bits per heavy atom. The molecular formula is C20H36N3Sn. The summed E-state index contributed by atoms with van der Waals surface area (Å²) in [5.41, 5.74) is 0. The molecule has 1 aromatic heterocycles. The Morgan fingerprint density at radius 2 is 0.875 bits per heavy atom. The molecule has 1 N–H and O–H groups in total. The predicted molar refractivity (Wildman–Crippen MR) is 103 cm³/mol. The molecule has 3 nitrogen and oxygen atoms in total. The van der Waals surface area contributed by atoms with Crippen molar-refractivity contribution in [3.8, 4) is 0 Å². The first-order valence-electron chi connectivity index (χ1n) is 10.6. The zero-order chi connectivity index (χ0) is 16.5. The van der Waals surface area contributed by atoms with Crippen LogP contribution in [0.3, 0.4) is 0 Å². The van der Waals surface area contributed by atoms with E-state index in [9.17, 15) is 0 Å². The van der Waals surface area contributed by atoms with Gasteiger partial charge in [-0.05, 0) is 0 Å². The van der Waals surface area contributed by atoms with Crippen LogP contribution in [0.1, 0.15) is 96.3 Å². The summed E-state index contributed by atoms with van der Waals surface area (Å²) in [6.45, 7) is 0.